The summed E-state index contributed by atoms with van der Waals surface area (Å²) in [4.78, 5) is 38.3. The molecule has 6 N–H and O–H groups in total. The predicted octanol–water partition coefficient (Wildman–Crippen LogP) is 2.33. The number of hydrogen-bond acceptors (Lipinski definition) is 9. The second-order valence-corrected chi connectivity index (χ2v) is 10.7. The number of carbonyl (C=O) groups is 3. The van der Waals surface area contributed by atoms with Crippen molar-refractivity contribution in [1.82, 2.24) is 10.6 Å². The third-order valence-electron chi connectivity index (χ3n) is 7.35. The molecule has 2 aliphatic rings. The fourth-order valence-electron chi connectivity index (χ4n) is 5.08. The number of nitrogens with one attached hydrogen (secondary N) is 2. The van der Waals surface area contributed by atoms with Crippen molar-refractivity contribution in [2.24, 2.45) is 17.6 Å². The van der Waals surface area contributed by atoms with Crippen LogP contribution in [0.15, 0.2) is 71.1 Å². The van der Waals surface area contributed by atoms with Gasteiger partial charge in [-0.05, 0) is 44.3 Å². The number of aliphatic hydroxyl groups is 2. The first-order chi connectivity index (χ1) is 19.8. The Balaban J connectivity index is 2.61. The fourth-order valence-corrected chi connectivity index (χ4v) is 5.08. The number of fused-ring (bicyclic) bond motifs is 2. The zero-order valence-corrected chi connectivity index (χ0v) is 25.3. The van der Waals surface area contributed by atoms with Gasteiger partial charge in [0.1, 0.15) is 12.2 Å². The maximum Gasteiger partial charge on any atom is 0.405 e. The molecule has 2 bridgehead atoms. The van der Waals surface area contributed by atoms with E-state index in [1.807, 2.05) is 13.8 Å². The number of aliphatic hydroxyl groups excluding tert-OH is 2. The van der Waals surface area contributed by atoms with Crippen molar-refractivity contribution < 1.29 is 38.8 Å². The van der Waals surface area contributed by atoms with E-state index in [1.165, 1.54) is 26.4 Å². The first-order valence-electron chi connectivity index (χ1n) is 13.9. The summed E-state index contributed by atoms with van der Waals surface area (Å²) in [6, 6.07) is 0. The molecule has 1 aliphatic heterocycles. The lowest BCUT2D eigenvalue weighted by atomic mass is 9.84. The van der Waals surface area contributed by atoms with E-state index in [1.54, 1.807) is 38.2 Å². The fraction of sp³-hybridized carbons (Fsp3) is 0.516. The van der Waals surface area contributed by atoms with Gasteiger partial charge in [-0.2, -0.15) is 0 Å². The Morgan fingerprint density at radius 2 is 1.88 bits per heavy atom. The number of nitrogens with two attached hydrogens (primary N) is 1. The molecule has 0 radical (unpaired) electrons. The Kier molecular flexibility index (Phi) is 13.4. The molecule has 7 atom stereocenters. The number of primary amides is 1. The van der Waals surface area contributed by atoms with Crippen molar-refractivity contribution >= 4 is 17.8 Å². The molecule has 11 nitrogen and oxygen atoms in total. The Morgan fingerprint density at radius 1 is 1.19 bits per heavy atom. The van der Waals surface area contributed by atoms with Gasteiger partial charge in [0, 0.05) is 37.8 Å². The van der Waals surface area contributed by atoms with Crippen LogP contribution in [0.5, 0.6) is 0 Å². The molecule has 0 aromatic carbocycles. The zero-order chi connectivity index (χ0) is 31.6. The van der Waals surface area contributed by atoms with Gasteiger partial charge in [-0.15, -0.1) is 6.58 Å². The largest absolute Gasteiger partial charge is 0.439 e. The smallest absolute Gasteiger partial charge is 0.405 e. The molecule has 1 heterocycles. The number of methoxy groups -OCH3 is 2. The molecule has 232 valence electrons. The van der Waals surface area contributed by atoms with Crippen molar-refractivity contribution in [2.75, 3.05) is 20.8 Å². The third-order valence-corrected chi connectivity index (χ3v) is 7.35. The van der Waals surface area contributed by atoms with Crippen molar-refractivity contribution in [3.05, 3.63) is 71.1 Å². The molecular weight excluding hydrogens is 542 g/mol. The molecule has 0 saturated carbocycles. The van der Waals surface area contributed by atoms with Gasteiger partial charge < -0.3 is 40.8 Å². The Labute approximate surface area is 247 Å². The van der Waals surface area contributed by atoms with Crippen LogP contribution in [-0.2, 0) is 23.8 Å². The minimum Gasteiger partial charge on any atom is -0.439 e. The molecule has 2 amide bonds. The summed E-state index contributed by atoms with van der Waals surface area (Å²) in [7, 11) is 2.94. The van der Waals surface area contributed by atoms with Gasteiger partial charge in [0.2, 0.25) is 5.78 Å². The number of ketones is 1. The molecule has 0 aromatic rings. The van der Waals surface area contributed by atoms with E-state index in [0.717, 1.165) is 0 Å². The van der Waals surface area contributed by atoms with Crippen molar-refractivity contribution in [1.29, 1.82) is 0 Å². The highest BCUT2D eigenvalue weighted by molar-refractivity contribution is 6.12. The molecule has 0 aromatic heterocycles. The number of amides is 2. The lowest BCUT2D eigenvalue weighted by molar-refractivity contribution is -0.119. The Bertz CT molecular complexity index is 1170. The summed E-state index contributed by atoms with van der Waals surface area (Å²) >= 11 is 0. The molecule has 0 saturated heterocycles. The maximum absolute atomic E-state index is 13.6. The van der Waals surface area contributed by atoms with Crippen LogP contribution < -0.4 is 16.4 Å². The van der Waals surface area contributed by atoms with Crippen molar-refractivity contribution in [3.63, 3.8) is 0 Å². The van der Waals surface area contributed by atoms with Gasteiger partial charge in [-0.3, -0.25) is 9.59 Å². The zero-order valence-electron chi connectivity index (χ0n) is 25.3. The summed E-state index contributed by atoms with van der Waals surface area (Å²) in [5.41, 5.74) is 6.86. The molecule has 0 fully saturated rings. The van der Waals surface area contributed by atoms with Crippen molar-refractivity contribution in [3.8, 4) is 0 Å². The minimum atomic E-state index is -1.15. The van der Waals surface area contributed by atoms with E-state index in [9.17, 15) is 24.6 Å². The number of Topliss-reactive ketones (excluding diaryl/α,β-unsaturated/α-hetero) is 1. The topological polar surface area (TPSA) is 169 Å². The molecule has 1 unspecified atom stereocenters. The predicted molar refractivity (Wildman–Crippen MR) is 159 cm³/mol. The van der Waals surface area contributed by atoms with Crippen LogP contribution in [0.3, 0.4) is 0 Å². The number of rotatable bonds is 6. The van der Waals surface area contributed by atoms with Crippen LogP contribution >= 0.6 is 0 Å². The van der Waals surface area contributed by atoms with Gasteiger partial charge >= 0.3 is 6.09 Å². The van der Waals surface area contributed by atoms with Crippen LogP contribution in [0.2, 0.25) is 0 Å². The van der Waals surface area contributed by atoms with E-state index < -0.39 is 54.2 Å². The van der Waals surface area contributed by atoms with Gasteiger partial charge in [-0.1, -0.05) is 44.2 Å². The van der Waals surface area contributed by atoms with E-state index >= 15 is 0 Å². The van der Waals surface area contributed by atoms with Crippen LogP contribution in [0, 0.1) is 11.8 Å². The second kappa shape index (κ2) is 16.2. The van der Waals surface area contributed by atoms with Gasteiger partial charge in [0.25, 0.3) is 5.91 Å². The van der Waals surface area contributed by atoms with E-state index in [2.05, 4.69) is 17.2 Å². The number of allylic oxidation sites excluding steroid dienone is 3. The van der Waals surface area contributed by atoms with E-state index in [4.69, 9.17) is 19.9 Å². The molecular formula is C31H45N3O8. The number of carbonyl (C=O) groups excluding carboxylic acids is 3. The number of ether oxygens (including phenoxy) is 3. The molecule has 1 aliphatic carbocycles. The summed E-state index contributed by atoms with van der Waals surface area (Å²) in [6.45, 7) is 11.1. The molecule has 11 heteroatoms. The lowest BCUT2D eigenvalue weighted by Crippen LogP contribution is -2.38. The van der Waals surface area contributed by atoms with E-state index in [0.29, 0.717) is 29.8 Å². The Morgan fingerprint density at radius 3 is 2.48 bits per heavy atom. The van der Waals surface area contributed by atoms with Crippen LogP contribution in [0.25, 0.3) is 0 Å². The normalized spacial score (nSPS) is 33.3. The number of hydrogen-bond donors (Lipinski definition) is 5. The van der Waals surface area contributed by atoms with Crippen LogP contribution in [0.4, 0.5) is 4.79 Å². The first kappa shape index (κ1) is 34.7. The monoisotopic (exact) mass is 587 g/mol. The third kappa shape index (κ3) is 9.25. The average molecular weight is 588 g/mol. The molecule has 2 rings (SSSR count). The quantitative estimate of drug-likeness (QED) is 0.293. The Hall–Kier alpha value is -3.51. The maximum atomic E-state index is 13.6. The summed E-state index contributed by atoms with van der Waals surface area (Å²) < 4.78 is 16.6. The highest BCUT2D eigenvalue weighted by Crippen LogP contribution is 2.29. The van der Waals surface area contributed by atoms with Gasteiger partial charge in [-0.25, -0.2) is 4.79 Å². The summed E-state index contributed by atoms with van der Waals surface area (Å²) in [6.07, 6.45) is 4.64. The van der Waals surface area contributed by atoms with Gasteiger partial charge in [0.15, 0.2) is 6.10 Å². The highest BCUT2D eigenvalue weighted by atomic mass is 16.6. The standard InChI is InChI=1S/C31H45N3O8/c1-8-12-33-26-21-13-17(2)14-25(41-7)27(36)19(4)15-20(5)29(42-31(32)39)24(40-6)11-9-10-18(3)30(38)34-22(28(21)37)16-23(26)35/h8-11,15-17,19,23-25,27,29,33,35-36H,1,12-14H2,2-7H3,(H2,32,39)(H,34,38)/b11-9-,18-10+,20-15+/t17-,19+,23?,24+,25+,27-,29+/m1/s1. The lowest BCUT2D eigenvalue weighted by Gasteiger charge is -2.30. The summed E-state index contributed by atoms with van der Waals surface area (Å²) in [5, 5.41) is 27.8. The first-order valence-corrected chi connectivity index (χ1v) is 13.9. The highest BCUT2D eigenvalue weighted by Gasteiger charge is 2.33. The van der Waals surface area contributed by atoms with Crippen molar-refractivity contribution in [2.45, 2.75) is 71.1 Å². The SMILES string of the molecule is C=CCNC1=C2C[C@@H](C)C[C@H](OC)[C@H](O)[C@@H](C)/C=C(\C)[C@H](OC(N)=O)[C@@H](OC)/C=C\C=C(/C)C(=O)NC(=CC1O)C2=O. The van der Waals surface area contributed by atoms with Crippen LogP contribution in [0.1, 0.15) is 40.5 Å². The minimum absolute atomic E-state index is 0.0324. The molecule has 42 heavy (non-hydrogen) atoms. The van der Waals surface area contributed by atoms with E-state index in [-0.39, 0.29) is 23.6 Å². The van der Waals surface area contributed by atoms with Crippen LogP contribution in [-0.4, -0.2) is 79.3 Å². The summed E-state index contributed by atoms with van der Waals surface area (Å²) in [5.74, 6) is -1.54. The second-order valence-electron chi connectivity index (χ2n) is 10.7. The molecule has 0 spiro atoms. The van der Waals surface area contributed by atoms with Gasteiger partial charge in [0.05, 0.1) is 23.6 Å². The average Bonchev–Trinajstić information content (AvgIpc) is 2.94.